The maximum Gasteiger partial charge on any atom is 0.323 e. The van der Waals surface area contributed by atoms with Crippen LogP contribution >= 0.6 is 0 Å². The van der Waals surface area contributed by atoms with E-state index in [0.717, 1.165) is 24.4 Å². The minimum Gasteiger partial charge on any atom is -0.466 e. The maximum atomic E-state index is 16.0. The first-order valence-corrected chi connectivity index (χ1v) is 11.1. The highest BCUT2D eigenvalue weighted by Gasteiger charge is 2.58. The first-order valence-electron chi connectivity index (χ1n) is 11.1. The van der Waals surface area contributed by atoms with E-state index < -0.39 is 53.0 Å². The van der Waals surface area contributed by atoms with Gasteiger partial charge < -0.3 is 14.7 Å². The molecule has 0 saturated heterocycles. The number of carbonyl (C=O) groups excluding carboxylic acids is 1. The first-order chi connectivity index (χ1) is 16.6. The van der Waals surface area contributed by atoms with E-state index in [-0.39, 0.29) is 19.4 Å². The third-order valence-electron chi connectivity index (χ3n) is 5.74. The zero-order valence-corrected chi connectivity index (χ0v) is 19.3. The van der Waals surface area contributed by atoms with Gasteiger partial charge in [0.1, 0.15) is 23.7 Å². The van der Waals surface area contributed by atoms with Gasteiger partial charge in [-0.15, -0.1) is 5.10 Å². The third kappa shape index (κ3) is 5.84. The molecule has 2 heterocycles. The molecule has 0 radical (unpaired) electrons. The number of hydrogen-bond donors (Lipinski definition) is 1. The van der Waals surface area contributed by atoms with Gasteiger partial charge in [-0.1, -0.05) is 6.07 Å². The Hall–Kier alpha value is -3.34. The van der Waals surface area contributed by atoms with Gasteiger partial charge in [0.2, 0.25) is 0 Å². The van der Waals surface area contributed by atoms with E-state index in [0.29, 0.717) is 18.1 Å². The molecule has 0 spiro atoms. The van der Waals surface area contributed by atoms with Gasteiger partial charge in [0, 0.05) is 42.9 Å². The van der Waals surface area contributed by atoms with Crippen LogP contribution in [0.15, 0.2) is 46.7 Å². The zero-order valence-electron chi connectivity index (χ0n) is 19.3. The van der Waals surface area contributed by atoms with Crippen molar-refractivity contribution in [3.8, 4) is 0 Å². The van der Waals surface area contributed by atoms with Crippen molar-refractivity contribution in [1.82, 2.24) is 9.88 Å². The molecule has 1 aromatic heterocycles. The second-order valence-electron chi connectivity index (χ2n) is 8.20. The molecule has 2 aromatic rings. The standard InChI is InChI=1S/C24H26F4N4O3/c1-3-35-22(33)9-5-17-4-8-21(29-13-17)24(27,28)23(34,19-7-6-18(25)12-20(19)26)14-32-15-31-30-11-10-16(32)2/h4,6-8,11-13,15-16,34H,3,5,9-10,14H2,1-2H3. The Balaban J connectivity index is 1.97. The smallest absolute Gasteiger partial charge is 0.323 e. The number of alkyl halides is 2. The van der Waals surface area contributed by atoms with Crippen molar-refractivity contribution in [1.29, 1.82) is 0 Å². The molecule has 11 heteroatoms. The van der Waals surface area contributed by atoms with Crippen LogP contribution in [0.1, 0.15) is 43.5 Å². The number of carbonyl (C=O) groups is 1. The average molecular weight is 494 g/mol. The van der Waals surface area contributed by atoms with Crippen molar-refractivity contribution in [3.05, 3.63) is 65.0 Å². The van der Waals surface area contributed by atoms with Gasteiger partial charge in [0.15, 0.2) is 5.60 Å². The Kier molecular flexibility index (Phi) is 8.21. The number of esters is 1. The fourth-order valence-electron chi connectivity index (χ4n) is 3.68. The van der Waals surface area contributed by atoms with E-state index in [1.807, 2.05) is 0 Å². The summed E-state index contributed by atoms with van der Waals surface area (Å²) in [6, 6.07) is 3.99. The monoisotopic (exact) mass is 494 g/mol. The van der Waals surface area contributed by atoms with Gasteiger partial charge in [-0.05, 0) is 44.0 Å². The number of β-amino-alcohol motifs (C(OH)–C–C–N with tert-alkyl or cyclic N) is 1. The quantitative estimate of drug-likeness (QED) is 0.422. The van der Waals surface area contributed by atoms with E-state index in [1.165, 1.54) is 23.5 Å². The van der Waals surface area contributed by atoms with E-state index in [2.05, 4.69) is 15.2 Å². The Bertz CT molecular complexity index is 1090. The van der Waals surface area contributed by atoms with Gasteiger partial charge in [0.25, 0.3) is 0 Å². The third-order valence-corrected chi connectivity index (χ3v) is 5.74. The number of aryl methyl sites for hydroxylation is 1. The summed E-state index contributed by atoms with van der Waals surface area (Å²) in [6.45, 7) is 2.84. The fourth-order valence-corrected chi connectivity index (χ4v) is 3.68. The lowest BCUT2D eigenvalue weighted by Crippen LogP contribution is -2.53. The maximum absolute atomic E-state index is 16.0. The normalized spacial score (nSPS) is 17.7. The van der Waals surface area contributed by atoms with Crippen LogP contribution in [0.25, 0.3) is 0 Å². The summed E-state index contributed by atoms with van der Waals surface area (Å²) < 4.78 is 65.0. The molecule has 7 nitrogen and oxygen atoms in total. The number of aromatic nitrogens is 1. The van der Waals surface area contributed by atoms with Gasteiger partial charge in [-0.25, -0.2) is 8.78 Å². The van der Waals surface area contributed by atoms with E-state index >= 15 is 8.78 Å². The molecule has 1 aliphatic heterocycles. The number of halogens is 4. The van der Waals surface area contributed by atoms with Gasteiger partial charge in [-0.2, -0.15) is 13.9 Å². The van der Waals surface area contributed by atoms with E-state index in [9.17, 15) is 18.7 Å². The largest absolute Gasteiger partial charge is 0.466 e. The molecule has 0 bridgehead atoms. The van der Waals surface area contributed by atoms with Crippen LogP contribution in [0.5, 0.6) is 0 Å². The van der Waals surface area contributed by atoms with Crippen molar-refractivity contribution in [2.75, 3.05) is 13.2 Å². The van der Waals surface area contributed by atoms with Crippen molar-refractivity contribution < 1.29 is 32.2 Å². The number of hydrogen-bond acceptors (Lipinski definition) is 7. The molecule has 0 fully saturated rings. The van der Waals surface area contributed by atoms with Gasteiger partial charge >= 0.3 is 11.9 Å². The minimum atomic E-state index is -4.11. The number of pyridine rings is 1. The molecule has 2 unspecified atom stereocenters. The highest BCUT2D eigenvalue weighted by molar-refractivity contribution is 5.69. The SMILES string of the molecule is CCOC(=O)CCc1ccc(C(F)(F)C(O)(CN2C=NN=CCC2C)c2ccc(F)cc2F)nc1. The summed E-state index contributed by atoms with van der Waals surface area (Å²) in [5.41, 5.74) is -4.25. The van der Waals surface area contributed by atoms with Crippen LogP contribution in [0.2, 0.25) is 0 Å². The molecule has 0 saturated carbocycles. The molecule has 1 N–H and O–H groups in total. The fraction of sp³-hybridized carbons (Fsp3) is 0.417. The zero-order chi connectivity index (χ0) is 25.6. The number of ether oxygens (including phenoxy) is 1. The van der Waals surface area contributed by atoms with Crippen molar-refractivity contribution in [2.24, 2.45) is 10.2 Å². The molecular weight excluding hydrogens is 468 g/mol. The number of aliphatic hydroxyl groups is 1. The molecule has 188 valence electrons. The van der Waals surface area contributed by atoms with Crippen LogP contribution in [-0.4, -0.2) is 52.7 Å². The van der Waals surface area contributed by atoms with Crippen molar-refractivity contribution in [2.45, 2.75) is 50.7 Å². The lowest BCUT2D eigenvalue weighted by molar-refractivity contribution is -0.205. The predicted molar refractivity (Wildman–Crippen MR) is 121 cm³/mol. The second-order valence-corrected chi connectivity index (χ2v) is 8.20. The number of rotatable bonds is 9. The molecule has 3 rings (SSSR count). The highest BCUT2D eigenvalue weighted by atomic mass is 19.3. The summed E-state index contributed by atoms with van der Waals surface area (Å²) in [6.07, 6.45) is 4.45. The minimum absolute atomic E-state index is 0.0459. The molecule has 2 atom stereocenters. The molecule has 0 amide bonds. The van der Waals surface area contributed by atoms with Crippen LogP contribution in [0.3, 0.4) is 0 Å². The van der Waals surface area contributed by atoms with Crippen LogP contribution in [0.4, 0.5) is 17.6 Å². The molecule has 1 aliphatic rings. The Morgan fingerprint density at radius 1 is 1.23 bits per heavy atom. The van der Waals surface area contributed by atoms with Crippen LogP contribution in [0, 0.1) is 11.6 Å². The van der Waals surface area contributed by atoms with E-state index in [1.54, 1.807) is 13.8 Å². The highest BCUT2D eigenvalue weighted by Crippen LogP contribution is 2.46. The Morgan fingerprint density at radius 2 is 2.00 bits per heavy atom. The topological polar surface area (TPSA) is 87.4 Å². The van der Waals surface area contributed by atoms with Crippen molar-refractivity contribution in [3.63, 3.8) is 0 Å². The summed E-state index contributed by atoms with van der Waals surface area (Å²) >= 11 is 0. The molecule has 35 heavy (non-hydrogen) atoms. The summed E-state index contributed by atoms with van der Waals surface area (Å²) in [5.74, 6) is -6.83. The van der Waals surface area contributed by atoms with Gasteiger partial charge in [-0.3, -0.25) is 9.78 Å². The second kappa shape index (κ2) is 10.9. The lowest BCUT2D eigenvalue weighted by atomic mass is 9.83. The number of benzene rings is 1. The van der Waals surface area contributed by atoms with Crippen molar-refractivity contribution >= 4 is 18.5 Å². The predicted octanol–water partition coefficient (Wildman–Crippen LogP) is 3.94. The van der Waals surface area contributed by atoms with Gasteiger partial charge in [0.05, 0.1) is 13.2 Å². The first kappa shape index (κ1) is 26.3. The lowest BCUT2D eigenvalue weighted by Gasteiger charge is -2.40. The van der Waals surface area contributed by atoms with Crippen LogP contribution in [-0.2, 0) is 27.5 Å². The van der Waals surface area contributed by atoms with E-state index in [4.69, 9.17) is 4.74 Å². The Morgan fingerprint density at radius 3 is 2.66 bits per heavy atom. The molecule has 0 aliphatic carbocycles. The summed E-state index contributed by atoms with van der Waals surface area (Å²) in [7, 11) is 0. The Labute approximate surface area is 200 Å². The average Bonchev–Trinajstić information content (AvgIpc) is 3.01. The molecule has 1 aromatic carbocycles. The summed E-state index contributed by atoms with van der Waals surface area (Å²) in [5, 5.41) is 18.9. The van der Waals surface area contributed by atoms with Crippen LogP contribution < -0.4 is 0 Å². The summed E-state index contributed by atoms with van der Waals surface area (Å²) in [4.78, 5) is 16.7. The molecular formula is C24H26F4N4O3. The number of nitrogens with zero attached hydrogens (tertiary/aromatic N) is 4.